The van der Waals surface area contributed by atoms with E-state index in [0.717, 1.165) is 30.3 Å². The summed E-state index contributed by atoms with van der Waals surface area (Å²) in [5, 5.41) is 2.46. The number of aromatic nitrogens is 2. The fourth-order valence-corrected chi connectivity index (χ4v) is 2.59. The maximum absolute atomic E-state index is 14.3. The molecule has 144 valence electrons. The first kappa shape index (κ1) is 19.3. The summed E-state index contributed by atoms with van der Waals surface area (Å²) in [5.74, 6) is -1.58. The second kappa shape index (κ2) is 7.63. The Morgan fingerprint density at radius 1 is 1.07 bits per heavy atom. The molecule has 1 atom stereocenters. The molecule has 0 spiro atoms. The van der Waals surface area contributed by atoms with E-state index in [4.69, 9.17) is 0 Å². The van der Waals surface area contributed by atoms with Crippen molar-refractivity contribution in [2.24, 2.45) is 0 Å². The van der Waals surface area contributed by atoms with Crippen LogP contribution in [0.3, 0.4) is 0 Å². The van der Waals surface area contributed by atoms with E-state index in [9.17, 15) is 27.2 Å². The molecule has 9 heteroatoms. The van der Waals surface area contributed by atoms with Gasteiger partial charge in [-0.2, -0.15) is 13.2 Å². The normalized spacial score (nSPS) is 12.4. The number of nitrogens with zero attached hydrogens (tertiary/aromatic N) is 1. The average molecular weight is 391 g/mol. The molecule has 0 aliphatic heterocycles. The molecular weight excluding hydrogens is 378 g/mol. The van der Waals surface area contributed by atoms with Gasteiger partial charge in [0, 0.05) is 12.4 Å². The predicted molar refractivity (Wildman–Crippen MR) is 92.0 cm³/mol. The third-order valence-corrected chi connectivity index (χ3v) is 3.97. The van der Waals surface area contributed by atoms with Gasteiger partial charge in [-0.3, -0.25) is 14.6 Å². The highest BCUT2D eigenvalue weighted by atomic mass is 19.4. The van der Waals surface area contributed by atoms with E-state index in [2.05, 4.69) is 15.3 Å². The first-order valence-electron chi connectivity index (χ1n) is 8.03. The van der Waals surface area contributed by atoms with Crippen molar-refractivity contribution < 1.29 is 22.4 Å². The zero-order valence-electron chi connectivity index (χ0n) is 14.1. The van der Waals surface area contributed by atoms with E-state index >= 15 is 0 Å². The van der Waals surface area contributed by atoms with Gasteiger partial charge < -0.3 is 10.3 Å². The number of carbonyl (C=O) groups is 1. The summed E-state index contributed by atoms with van der Waals surface area (Å²) in [6, 6.07) is 7.85. The maximum atomic E-state index is 14.3. The van der Waals surface area contributed by atoms with Crippen LogP contribution in [0.4, 0.5) is 17.6 Å². The van der Waals surface area contributed by atoms with Crippen LogP contribution in [0, 0.1) is 5.82 Å². The van der Waals surface area contributed by atoms with Crippen LogP contribution < -0.4 is 10.9 Å². The van der Waals surface area contributed by atoms with Gasteiger partial charge in [-0.15, -0.1) is 0 Å². The van der Waals surface area contributed by atoms with Crippen molar-refractivity contribution in [2.45, 2.75) is 12.2 Å². The Morgan fingerprint density at radius 2 is 1.79 bits per heavy atom. The Bertz CT molecular complexity index is 1050. The highest BCUT2D eigenvalue weighted by Crippen LogP contribution is 2.31. The van der Waals surface area contributed by atoms with Crippen LogP contribution in [0.25, 0.3) is 0 Å². The third-order valence-electron chi connectivity index (χ3n) is 3.97. The highest BCUT2D eigenvalue weighted by molar-refractivity contribution is 5.94. The monoisotopic (exact) mass is 391 g/mol. The van der Waals surface area contributed by atoms with Gasteiger partial charge in [-0.05, 0) is 42.0 Å². The van der Waals surface area contributed by atoms with Crippen LogP contribution in [0.1, 0.15) is 33.2 Å². The van der Waals surface area contributed by atoms with Gasteiger partial charge >= 0.3 is 6.18 Å². The van der Waals surface area contributed by atoms with E-state index in [1.54, 1.807) is 0 Å². The molecule has 0 saturated carbocycles. The second-order valence-corrected chi connectivity index (χ2v) is 5.81. The van der Waals surface area contributed by atoms with Gasteiger partial charge in [0.1, 0.15) is 17.1 Å². The van der Waals surface area contributed by atoms with Gasteiger partial charge in [-0.1, -0.05) is 12.1 Å². The molecule has 1 aromatic carbocycles. The summed E-state index contributed by atoms with van der Waals surface area (Å²) < 4.78 is 52.7. The number of amides is 1. The summed E-state index contributed by atoms with van der Waals surface area (Å²) in [6.45, 7) is 0. The van der Waals surface area contributed by atoms with E-state index < -0.39 is 35.1 Å². The van der Waals surface area contributed by atoms with Gasteiger partial charge in [0.2, 0.25) is 0 Å². The Balaban J connectivity index is 2.01. The standard InChI is InChI=1S/C19H13F4N3O2/c20-14-4-2-9-24-16(14)15(11-5-7-12(8-6-11)19(21,22)23)26-18(28)13-3-1-10-25-17(13)27/h1-10,15H,(H,25,27)(H,26,28)/t15-/m0/s1. The molecule has 28 heavy (non-hydrogen) atoms. The maximum Gasteiger partial charge on any atom is 0.416 e. The van der Waals surface area contributed by atoms with Gasteiger partial charge in [-0.25, -0.2) is 4.39 Å². The SMILES string of the molecule is O=C(N[C@@H](c1ccc(C(F)(F)F)cc1)c1ncccc1F)c1ccc[nH]c1=O. The lowest BCUT2D eigenvalue weighted by Crippen LogP contribution is -2.34. The summed E-state index contributed by atoms with van der Waals surface area (Å²) in [6.07, 6.45) is -1.91. The summed E-state index contributed by atoms with van der Waals surface area (Å²) in [4.78, 5) is 30.5. The Hall–Kier alpha value is -3.49. The number of alkyl halides is 3. The largest absolute Gasteiger partial charge is 0.416 e. The minimum absolute atomic E-state index is 0.173. The number of benzene rings is 1. The first-order chi connectivity index (χ1) is 13.3. The molecule has 2 aromatic heterocycles. The number of hydrogen-bond acceptors (Lipinski definition) is 3. The average Bonchev–Trinajstić information content (AvgIpc) is 2.66. The molecule has 0 saturated heterocycles. The van der Waals surface area contributed by atoms with E-state index in [0.29, 0.717) is 0 Å². The molecule has 3 rings (SSSR count). The Kier molecular flexibility index (Phi) is 5.25. The molecule has 3 aromatic rings. The van der Waals surface area contributed by atoms with Crippen molar-refractivity contribution in [1.82, 2.24) is 15.3 Å². The molecule has 0 bridgehead atoms. The number of rotatable bonds is 4. The molecule has 0 aliphatic rings. The lowest BCUT2D eigenvalue weighted by atomic mass is 10.0. The van der Waals surface area contributed by atoms with Gasteiger partial charge in [0.25, 0.3) is 11.5 Å². The third kappa shape index (κ3) is 4.08. The first-order valence-corrected chi connectivity index (χ1v) is 8.03. The molecule has 0 radical (unpaired) electrons. The van der Waals surface area contributed by atoms with Crippen LogP contribution in [-0.4, -0.2) is 15.9 Å². The number of hydrogen-bond donors (Lipinski definition) is 2. The molecule has 0 fully saturated rings. The molecule has 2 heterocycles. The van der Waals surface area contributed by atoms with Gasteiger partial charge in [0.15, 0.2) is 0 Å². The number of pyridine rings is 2. The molecule has 0 aliphatic carbocycles. The highest BCUT2D eigenvalue weighted by Gasteiger charge is 2.31. The predicted octanol–water partition coefficient (Wildman–Crippen LogP) is 3.45. The molecule has 5 nitrogen and oxygen atoms in total. The van der Waals surface area contributed by atoms with E-state index in [1.807, 2.05) is 0 Å². The smallest absolute Gasteiger partial charge is 0.339 e. The van der Waals surface area contributed by atoms with Crippen molar-refractivity contribution in [3.63, 3.8) is 0 Å². The Morgan fingerprint density at radius 3 is 2.39 bits per heavy atom. The number of carbonyl (C=O) groups excluding carboxylic acids is 1. The van der Waals surface area contributed by atoms with Crippen LogP contribution in [-0.2, 0) is 6.18 Å². The topological polar surface area (TPSA) is 74.8 Å². The van der Waals surface area contributed by atoms with E-state index in [-0.39, 0.29) is 16.8 Å². The molecule has 1 amide bonds. The number of H-pyrrole nitrogens is 1. The summed E-state index contributed by atoms with van der Waals surface area (Å²) >= 11 is 0. The number of halogens is 4. The Labute approximate surface area is 156 Å². The van der Waals surface area contributed by atoms with Crippen LogP contribution in [0.5, 0.6) is 0 Å². The lowest BCUT2D eigenvalue weighted by Gasteiger charge is -2.20. The van der Waals surface area contributed by atoms with E-state index in [1.165, 1.54) is 30.6 Å². The zero-order valence-corrected chi connectivity index (χ0v) is 14.1. The fourth-order valence-electron chi connectivity index (χ4n) is 2.59. The minimum atomic E-state index is -4.54. The van der Waals surface area contributed by atoms with Crippen molar-refractivity contribution in [1.29, 1.82) is 0 Å². The van der Waals surface area contributed by atoms with Crippen molar-refractivity contribution in [2.75, 3.05) is 0 Å². The fraction of sp³-hybridized carbons (Fsp3) is 0.105. The molecule has 2 N–H and O–H groups in total. The second-order valence-electron chi connectivity index (χ2n) is 5.81. The van der Waals surface area contributed by atoms with Crippen LogP contribution in [0.2, 0.25) is 0 Å². The van der Waals surface area contributed by atoms with Crippen LogP contribution >= 0.6 is 0 Å². The van der Waals surface area contributed by atoms with Crippen molar-refractivity contribution in [3.8, 4) is 0 Å². The zero-order chi connectivity index (χ0) is 20.3. The minimum Gasteiger partial charge on any atom is -0.339 e. The van der Waals surface area contributed by atoms with Crippen molar-refractivity contribution in [3.05, 3.63) is 99.5 Å². The van der Waals surface area contributed by atoms with Crippen molar-refractivity contribution >= 4 is 5.91 Å². The summed E-state index contributed by atoms with van der Waals surface area (Å²) in [5.41, 5.74) is -1.79. The van der Waals surface area contributed by atoms with Crippen LogP contribution in [0.15, 0.2) is 65.7 Å². The van der Waals surface area contributed by atoms with Gasteiger partial charge in [0.05, 0.1) is 11.6 Å². The number of aromatic amines is 1. The molecule has 0 unspecified atom stereocenters. The molecular formula is C19H13F4N3O2. The summed E-state index contributed by atoms with van der Waals surface area (Å²) in [7, 11) is 0. The number of nitrogens with one attached hydrogen (secondary N) is 2. The lowest BCUT2D eigenvalue weighted by molar-refractivity contribution is -0.137. The quantitative estimate of drug-likeness (QED) is 0.669.